The molecule has 2 rings (SSSR count). The number of hydrogen-bond donors (Lipinski definition) is 1. The Bertz CT molecular complexity index is 751. The van der Waals surface area contributed by atoms with Crippen LogP contribution in [0.1, 0.15) is 21.5 Å². The molecule has 0 unspecified atom stereocenters. The molecule has 0 aliphatic heterocycles. The summed E-state index contributed by atoms with van der Waals surface area (Å²) in [6.45, 7) is 0.110. The Morgan fingerprint density at radius 1 is 1.13 bits per heavy atom. The van der Waals surface area contributed by atoms with E-state index < -0.39 is 11.9 Å². The van der Waals surface area contributed by atoms with E-state index in [0.29, 0.717) is 16.0 Å². The number of nitrogens with zero attached hydrogens (tertiary/aromatic N) is 1. The molecule has 1 amide bonds. The summed E-state index contributed by atoms with van der Waals surface area (Å²) in [5.41, 5.74) is 6.86. The van der Waals surface area contributed by atoms with Crippen LogP contribution in [-0.2, 0) is 16.1 Å². The van der Waals surface area contributed by atoms with Crippen LogP contribution in [0.4, 0.5) is 0 Å². The highest BCUT2D eigenvalue weighted by atomic mass is 32.2. The van der Waals surface area contributed by atoms with Crippen LogP contribution in [0.15, 0.2) is 53.4 Å². The largest absolute Gasteiger partial charge is 0.457 e. The summed E-state index contributed by atoms with van der Waals surface area (Å²) in [6, 6.07) is 15.7. The molecule has 2 N–H and O–H groups in total. The first-order chi connectivity index (χ1) is 11.1. The van der Waals surface area contributed by atoms with E-state index in [0.717, 1.165) is 5.56 Å². The molecule has 0 bridgehead atoms. The smallest absolute Gasteiger partial charge is 0.339 e. The van der Waals surface area contributed by atoms with E-state index in [2.05, 4.69) is 0 Å². The number of nitrogens with two attached hydrogens (primary N) is 1. The number of esters is 1. The molecule has 2 aromatic rings. The molecule has 0 aromatic heterocycles. The fourth-order valence-corrected chi connectivity index (χ4v) is 2.59. The van der Waals surface area contributed by atoms with E-state index in [4.69, 9.17) is 15.7 Å². The number of ether oxygens (including phenoxy) is 1. The SMILES string of the molecule is N#Cc1ccc(COC(=O)c2ccccc2SCC(N)=O)cc1. The second-order valence-electron chi connectivity index (χ2n) is 4.64. The topological polar surface area (TPSA) is 93.2 Å². The van der Waals surface area contributed by atoms with Crippen molar-refractivity contribution in [3.8, 4) is 6.07 Å². The van der Waals surface area contributed by atoms with Crippen molar-refractivity contribution in [3.05, 3.63) is 65.2 Å². The number of rotatable bonds is 6. The number of hydrogen-bond acceptors (Lipinski definition) is 5. The van der Waals surface area contributed by atoms with Gasteiger partial charge in [0.1, 0.15) is 6.61 Å². The van der Waals surface area contributed by atoms with Crippen molar-refractivity contribution in [1.82, 2.24) is 0 Å². The monoisotopic (exact) mass is 326 g/mol. The summed E-state index contributed by atoms with van der Waals surface area (Å²) in [7, 11) is 0. The van der Waals surface area contributed by atoms with Gasteiger partial charge in [-0.05, 0) is 29.8 Å². The zero-order valence-electron chi connectivity index (χ0n) is 12.2. The molecule has 0 saturated carbocycles. The van der Waals surface area contributed by atoms with Gasteiger partial charge in [-0.15, -0.1) is 11.8 Å². The molecule has 2 aromatic carbocycles. The zero-order valence-corrected chi connectivity index (χ0v) is 13.0. The molecule has 23 heavy (non-hydrogen) atoms. The minimum absolute atomic E-state index is 0.0971. The Balaban J connectivity index is 2.02. The molecule has 0 aliphatic carbocycles. The van der Waals surface area contributed by atoms with E-state index in [1.165, 1.54) is 11.8 Å². The third-order valence-corrected chi connectivity index (χ3v) is 4.03. The van der Waals surface area contributed by atoms with Gasteiger partial charge in [-0.3, -0.25) is 4.79 Å². The summed E-state index contributed by atoms with van der Waals surface area (Å²) in [5, 5.41) is 8.74. The highest BCUT2D eigenvalue weighted by Gasteiger charge is 2.13. The second-order valence-corrected chi connectivity index (χ2v) is 5.65. The summed E-state index contributed by atoms with van der Waals surface area (Å²) in [5.74, 6) is -0.822. The number of thioether (sulfide) groups is 1. The van der Waals surface area contributed by atoms with E-state index in [1.807, 2.05) is 6.07 Å². The first-order valence-electron chi connectivity index (χ1n) is 6.76. The van der Waals surface area contributed by atoms with Crippen molar-refractivity contribution in [2.75, 3.05) is 5.75 Å². The van der Waals surface area contributed by atoms with Gasteiger partial charge in [0, 0.05) is 4.90 Å². The molecular formula is C17H14N2O3S. The van der Waals surface area contributed by atoms with Gasteiger partial charge < -0.3 is 10.5 Å². The number of carbonyl (C=O) groups is 2. The van der Waals surface area contributed by atoms with Crippen molar-refractivity contribution >= 4 is 23.6 Å². The third-order valence-electron chi connectivity index (χ3n) is 2.93. The maximum Gasteiger partial charge on any atom is 0.339 e. The van der Waals surface area contributed by atoms with Crippen LogP contribution in [0.3, 0.4) is 0 Å². The summed E-state index contributed by atoms with van der Waals surface area (Å²) >= 11 is 1.20. The number of carbonyl (C=O) groups excluding carboxylic acids is 2. The maximum absolute atomic E-state index is 12.2. The van der Waals surface area contributed by atoms with Crippen LogP contribution in [0, 0.1) is 11.3 Å². The van der Waals surface area contributed by atoms with Crippen LogP contribution in [-0.4, -0.2) is 17.6 Å². The van der Waals surface area contributed by atoms with Crippen LogP contribution < -0.4 is 5.73 Å². The predicted molar refractivity (Wildman–Crippen MR) is 86.6 cm³/mol. The van der Waals surface area contributed by atoms with Crippen LogP contribution in [0.5, 0.6) is 0 Å². The number of primary amides is 1. The van der Waals surface area contributed by atoms with Crippen LogP contribution >= 0.6 is 11.8 Å². The Labute approximate surface area is 138 Å². The second kappa shape index (κ2) is 8.01. The quantitative estimate of drug-likeness (QED) is 0.650. The van der Waals surface area contributed by atoms with Gasteiger partial charge in [-0.25, -0.2) is 4.79 Å². The molecule has 0 aliphatic rings. The molecular weight excluding hydrogens is 312 g/mol. The normalized spacial score (nSPS) is 9.87. The highest BCUT2D eigenvalue weighted by molar-refractivity contribution is 8.00. The lowest BCUT2D eigenvalue weighted by Crippen LogP contribution is -2.13. The first-order valence-corrected chi connectivity index (χ1v) is 7.75. The van der Waals surface area contributed by atoms with Gasteiger partial charge in [0.25, 0.3) is 0 Å². The molecule has 0 saturated heterocycles. The van der Waals surface area contributed by atoms with Crippen molar-refractivity contribution < 1.29 is 14.3 Å². The van der Waals surface area contributed by atoms with Gasteiger partial charge in [0.2, 0.25) is 5.91 Å². The van der Waals surface area contributed by atoms with E-state index in [1.54, 1.807) is 48.5 Å². The molecule has 116 valence electrons. The fourth-order valence-electron chi connectivity index (χ4n) is 1.81. The van der Waals surface area contributed by atoms with Crippen LogP contribution in [0.2, 0.25) is 0 Å². The Kier molecular flexibility index (Phi) is 5.78. The molecule has 0 fully saturated rings. The van der Waals surface area contributed by atoms with E-state index in [-0.39, 0.29) is 12.4 Å². The average Bonchev–Trinajstić information content (AvgIpc) is 2.58. The minimum atomic E-state index is -0.470. The Morgan fingerprint density at radius 3 is 2.48 bits per heavy atom. The predicted octanol–water partition coefficient (Wildman–Crippen LogP) is 2.49. The average molecular weight is 326 g/mol. The minimum Gasteiger partial charge on any atom is -0.457 e. The van der Waals surface area contributed by atoms with Gasteiger partial charge in [-0.1, -0.05) is 24.3 Å². The number of benzene rings is 2. The number of nitriles is 1. The Hall–Kier alpha value is -2.78. The standard InChI is InChI=1S/C17H14N2O3S/c18-9-12-5-7-13(8-6-12)10-22-17(21)14-3-1-2-4-15(14)23-11-16(19)20/h1-8H,10-11H2,(H2,19,20). The first kappa shape index (κ1) is 16.6. The summed E-state index contributed by atoms with van der Waals surface area (Å²) in [6.07, 6.45) is 0. The zero-order chi connectivity index (χ0) is 16.7. The number of amides is 1. The van der Waals surface area contributed by atoms with Crippen molar-refractivity contribution in [2.24, 2.45) is 5.73 Å². The molecule has 0 spiro atoms. The lowest BCUT2D eigenvalue weighted by molar-refractivity contribution is -0.115. The van der Waals surface area contributed by atoms with Crippen molar-refractivity contribution in [1.29, 1.82) is 5.26 Å². The van der Waals surface area contributed by atoms with Gasteiger partial charge in [0.05, 0.1) is 22.9 Å². The van der Waals surface area contributed by atoms with Gasteiger partial charge >= 0.3 is 5.97 Å². The van der Waals surface area contributed by atoms with Gasteiger partial charge in [0.15, 0.2) is 0 Å². The molecule has 0 atom stereocenters. The lowest BCUT2D eigenvalue weighted by atomic mass is 10.1. The lowest BCUT2D eigenvalue weighted by Gasteiger charge is -2.09. The Morgan fingerprint density at radius 2 is 1.83 bits per heavy atom. The molecule has 6 heteroatoms. The van der Waals surface area contributed by atoms with Crippen molar-refractivity contribution in [3.63, 3.8) is 0 Å². The van der Waals surface area contributed by atoms with Crippen molar-refractivity contribution in [2.45, 2.75) is 11.5 Å². The molecule has 0 radical (unpaired) electrons. The molecule has 0 heterocycles. The van der Waals surface area contributed by atoms with E-state index in [9.17, 15) is 9.59 Å². The van der Waals surface area contributed by atoms with Gasteiger partial charge in [-0.2, -0.15) is 5.26 Å². The highest BCUT2D eigenvalue weighted by Crippen LogP contribution is 2.23. The fraction of sp³-hybridized carbons (Fsp3) is 0.118. The summed E-state index contributed by atoms with van der Waals surface area (Å²) < 4.78 is 5.28. The summed E-state index contributed by atoms with van der Waals surface area (Å²) in [4.78, 5) is 23.7. The maximum atomic E-state index is 12.2. The van der Waals surface area contributed by atoms with Crippen LogP contribution in [0.25, 0.3) is 0 Å². The third kappa shape index (κ3) is 4.87. The van der Waals surface area contributed by atoms with E-state index >= 15 is 0 Å². The molecule has 5 nitrogen and oxygen atoms in total.